The molecule has 9 heteroatoms. The van der Waals surface area contributed by atoms with Gasteiger partial charge in [0.2, 0.25) is 21.8 Å². The first-order valence-corrected chi connectivity index (χ1v) is 11.6. The monoisotopic (exact) mass is 451 g/mol. The van der Waals surface area contributed by atoms with E-state index in [0.29, 0.717) is 21.8 Å². The summed E-state index contributed by atoms with van der Waals surface area (Å²) in [7, 11) is -2.26. The molecule has 162 valence electrons. The Bertz CT molecular complexity index is 1030. The zero-order valence-corrected chi connectivity index (χ0v) is 19.0. The summed E-state index contributed by atoms with van der Waals surface area (Å²) in [6.07, 6.45) is 1.05. The zero-order chi connectivity index (χ0) is 22.5. The fourth-order valence-corrected chi connectivity index (χ4v) is 4.14. The van der Waals surface area contributed by atoms with E-state index >= 15 is 0 Å². The molecule has 0 aliphatic carbocycles. The Morgan fingerprint density at radius 3 is 2.27 bits per heavy atom. The number of para-hydroxylation sites is 1. The Balaban J connectivity index is 2.41. The molecule has 0 aliphatic rings. The number of likely N-dealkylation sites (N-methyl/N-ethyl adjacent to an activating group) is 1. The first-order chi connectivity index (χ1) is 14.1. The lowest BCUT2D eigenvalue weighted by molar-refractivity contribution is -0.139. The molecule has 0 spiro atoms. The van der Waals surface area contributed by atoms with E-state index in [1.165, 1.54) is 11.9 Å². The molecule has 0 unspecified atom stereocenters. The van der Waals surface area contributed by atoms with Gasteiger partial charge in [-0.15, -0.1) is 0 Å². The number of aryl methyl sites for hydroxylation is 1. The number of rotatable bonds is 8. The van der Waals surface area contributed by atoms with Crippen molar-refractivity contribution in [3.63, 3.8) is 0 Å². The van der Waals surface area contributed by atoms with Crippen LogP contribution in [-0.4, -0.2) is 51.0 Å². The summed E-state index contributed by atoms with van der Waals surface area (Å²) in [6, 6.07) is 13.1. The van der Waals surface area contributed by atoms with Crippen molar-refractivity contribution in [3.8, 4) is 0 Å². The largest absolute Gasteiger partial charge is 0.357 e. The van der Waals surface area contributed by atoms with Gasteiger partial charge in [-0.1, -0.05) is 48.0 Å². The van der Waals surface area contributed by atoms with E-state index < -0.39 is 28.5 Å². The first-order valence-electron chi connectivity index (χ1n) is 9.34. The molecule has 7 nitrogen and oxygen atoms in total. The number of nitrogens with zero attached hydrogens (tertiary/aromatic N) is 2. The highest BCUT2D eigenvalue weighted by atomic mass is 35.5. The summed E-state index contributed by atoms with van der Waals surface area (Å²) in [4.78, 5) is 26.9. The second kappa shape index (κ2) is 9.95. The molecule has 1 N–H and O–H groups in total. The van der Waals surface area contributed by atoms with Gasteiger partial charge in [0, 0.05) is 18.6 Å². The molecule has 30 heavy (non-hydrogen) atoms. The third-order valence-corrected chi connectivity index (χ3v) is 6.27. The van der Waals surface area contributed by atoms with E-state index in [1.807, 2.05) is 0 Å². The number of halogens is 1. The van der Waals surface area contributed by atoms with Crippen LogP contribution in [0.5, 0.6) is 0 Å². The maximum Gasteiger partial charge on any atom is 0.244 e. The topological polar surface area (TPSA) is 86.8 Å². The van der Waals surface area contributed by atoms with Crippen LogP contribution in [0.3, 0.4) is 0 Å². The summed E-state index contributed by atoms with van der Waals surface area (Å²) in [5.41, 5.74) is 1.79. The van der Waals surface area contributed by atoms with Crippen molar-refractivity contribution in [1.82, 2.24) is 10.2 Å². The molecule has 0 radical (unpaired) electrons. The molecule has 0 heterocycles. The van der Waals surface area contributed by atoms with E-state index in [2.05, 4.69) is 5.32 Å². The van der Waals surface area contributed by atoms with Crippen LogP contribution < -0.4 is 9.62 Å². The number of carbonyl (C=O) groups is 2. The molecule has 2 aromatic carbocycles. The maximum atomic E-state index is 13.3. The lowest BCUT2D eigenvalue weighted by Crippen LogP contribution is -2.50. The van der Waals surface area contributed by atoms with Crippen molar-refractivity contribution in [1.29, 1.82) is 0 Å². The van der Waals surface area contributed by atoms with Crippen LogP contribution in [0.25, 0.3) is 0 Å². The minimum atomic E-state index is -3.74. The molecule has 0 aliphatic heterocycles. The summed E-state index contributed by atoms with van der Waals surface area (Å²) in [5, 5.41) is 2.98. The SMILES string of the molecule is CNC(=O)[C@@H](C)N(Cc1ccccc1Cl)C(=O)CN(c1ccccc1C)S(C)(=O)=O. The second-order valence-electron chi connectivity index (χ2n) is 6.96. The molecule has 2 rings (SSSR count). The molecule has 0 saturated heterocycles. The third kappa shape index (κ3) is 5.73. The van der Waals surface area contributed by atoms with E-state index in [1.54, 1.807) is 62.4 Å². The number of nitrogens with one attached hydrogen (secondary N) is 1. The van der Waals surface area contributed by atoms with Crippen LogP contribution in [-0.2, 0) is 26.2 Å². The van der Waals surface area contributed by atoms with Crippen molar-refractivity contribution >= 4 is 39.1 Å². The Morgan fingerprint density at radius 1 is 1.10 bits per heavy atom. The van der Waals surface area contributed by atoms with Crippen LogP contribution in [0.15, 0.2) is 48.5 Å². The van der Waals surface area contributed by atoms with Gasteiger partial charge in [-0.2, -0.15) is 0 Å². The normalized spacial score (nSPS) is 12.2. The Morgan fingerprint density at radius 2 is 1.70 bits per heavy atom. The standard InChI is InChI=1S/C21H26ClN3O4S/c1-15-9-5-8-12-19(15)25(30(4,28)29)14-20(26)24(16(2)21(27)23-3)13-17-10-6-7-11-18(17)22/h5-12,16H,13-14H2,1-4H3,(H,23,27)/t16-/m1/s1. The van der Waals surface area contributed by atoms with Crippen LogP contribution in [0.4, 0.5) is 5.69 Å². The molecular formula is C21H26ClN3O4S. The second-order valence-corrected chi connectivity index (χ2v) is 9.27. The molecule has 2 aromatic rings. The predicted octanol–water partition coefficient (Wildman–Crippen LogP) is 2.58. The molecular weight excluding hydrogens is 426 g/mol. The molecule has 0 saturated carbocycles. The zero-order valence-electron chi connectivity index (χ0n) is 17.4. The average molecular weight is 452 g/mol. The van der Waals surface area contributed by atoms with Gasteiger partial charge in [-0.3, -0.25) is 13.9 Å². The summed E-state index contributed by atoms with van der Waals surface area (Å²) in [5.74, 6) is -0.878. The molecule has 1 atom stereocenters. The summed E-state index contributed by atoms with van der Waals surface area (Å²) >= 11 is 6.24. The third-order valence-electron chi connectivity index (χ3n) is 4.78. The van der Waals surface area contributed by atoms with Gasteiger partial charge < -0.3 is 10.2 Å². The smallest absolute Gasteiger partial charge is 0.244 e. The first kappa shape index (κ1) is 23.7. The summed E-state index contributed by atoms with van der Waals surface area (Å²) < 4.78 is 26.0. The van der Waals surface area contributed by atoms with Crippen molar-refractivity contribution in [3.05, 3.63) is 64.7 Å². The van der Waals surface area contributed by atoms with Crippen molar-refractivity contribution < 1.29 is 18.0 Å². The van der Waals surface area contributed by atoms with E-state index in [9.17, 15) is 18.0 Å². The average Bonchev–Trinajstić information content (AvgIpc) is 2.70. The Hall–Kier alpha value is -2.58. The minimum Gasteiger partial charge on any atom is -0.357 e. The van der Waals surface area contributed by atoms with Gasteiger partial charge >= 0.3 is 0 Å². The van der Waals surface area contributed by atoms with Crippen molar-refractivity contribution in [2.24, 2.45) is 0 Å². The fraction of sp³-hybridized carbons (Fsp3) is 0.333. The lowest BCUT2D eigenvalue weighted by atomic mass is 10.1. The Labute approximate surface area is 182 Å². The number of sulfonamides is 1. The number of benzene rings is 2. The van der Waals surface area contributed by atoms with Gasteiger partial charge in [0.15, 0.2) is 0 Å². The number of amides is 2. The Kier molecular flexibility index (Phi) is 7.86. The molecule has 0 aromatic heterocycles. The molecule has 0 fully saturated rings. The number of hydrogen-bond donors (Lipinski definition) is 1. The molecule has 0 bridgehead atoms. The van der Waals surface area contributed by atoms with Crippen LogP contribution in [0.1, 0.15) is 18.1 Å². The van der Waals surface area contributed by atoms with Gasteiger partial charge in [-0.25, -0.2) is 8.42 Å². The highest BCUT2D eigenvalue weighted by Gasteiger charge is 2.30. The van der Waals surface area contributed by atoms with Crippen molar-refractivity contribution in [2.45, 2.75) is 26.4 Å². The minimum absolute atomic E-state index is 0.0679. The highest BCUT2D eigenvalue weighted by Crippen LogP contribution is 2.23. The van der Waals surface area contributed by atoms with E-state index in [-0.39, 0.29) is 12.5 Å². The number of hydrogen-bond acceptors (Lipinski definition) is 4. The maximum absolute atomic E-state index is 13.3. The van der Waals surface area contributed by atoms with Gasteiger partial charge in [-0.05, 0) is 37.1 Å². The fourth-order valence-electron chi connectivity index (χ4n) is 3.04. The highest BCUT2D eigenvalue weighted by molar-refractivity contribution is 7.92. The predicted molar refractivity (Wildman–Crippen MR) is 119 cm³/mol. The lowest BCUT2D eigenvalue weighted by Gasteiger charge is -2.31. The van der Waals surface area contributed by atoms with E-state index in [4.69, 9.17) is 11.6 Å². The number of carbonyl (C=O) groups excluding carboxylic acids is 2. The molecule has 2 amide bonds. The van der Waals surface area contributed by atoms with Gasteiger partial charge in [0.1, 0.15) is 12.6 Å². The van der Waals surface area contributed by atoms with Crippen LogP contribution in [0.2, 0.25) is 5.02 Å². The quantitative estimate of drug-likeness (QED) is 0.668. The number of anilines is 1. The van der Waals surface area contributed by atoms with Crippen molar-refractivity contribution in [2.75, 3.05) is 24.2 Å². The van der Waals surface area contributed by atoms with Gasteiger partial charge in [0.05, 0.1) is 11.9 Å². The van der Waals surface area contributed by atoms with E-state index in [0.717, 1.165) is 10.6 Å². The van der Waals surface area contributed by atoms with Crippen LogP contribution in [0, 0.1) is 6.92 Å². The summed E-state index contributed by atoms with van der Waals surface area (Å²) in [6.45, 7) is 2.99. The van der Waals surface area contributed by atoms with Gasteiger partial charge in [0.25, 0.3) is 0 Å². The van der Waals surface area contributed by atoms with Crippen LogP contribution >= 0.6 is 11.6 Å².